The van der Waals surface area contributed by atoms with E-state index in [-0.39, 0.29) is 0 Å². The topological polar surface area (TPSA) is 38.7 Å². The normalized spacial score (nSPS) is 21.1. The molecule has 3 nitrogen and oxygen atoms in total. The maximum absolute atomic E-state index is 11.9. The van der Waals surface area contributed by atoms with Gasteiger partial charge in [0.1, 0.15) is 0 Å². The van der Waals surface area contributed by atoms with Crippen molar-refractivity contribution in [2.24, 2.45) is 4.99 Å². The van der Waals surface area contributed by atoms with Crippen LogP contribution in [0, 0.1) is 0 Å². The van der Waals surface area contributed by atoms with Gasteiger partial charge in [-0.2, -0.15) is 0 Å². The van der Waals surface area contributed by atoms with E-state index in [4.69, 9.17) is 16.3 Å². The van der Waals surface area contributed by atoms with Crippen molar-refractivity contribution in [1.82, 2.24) is 0 Å². The molecule has 0 bridgehead atoms. The summed E-state index contributed by atoms with van der Waals surface area (Å²) in [4.78, 5) is 16.1. The number of halogens is 1. The molecular weight excluding hydrogens is 274 g/mol. The fourth-order valence-electron chi connectivity index (χ4n) is 2.32. The second kappa shape index (κ2) is 5.63. The molecule has 0 fully saturated rings. The van der Waals surface area contributed by atoms with Gasteiger partial charge in [-0.1, -0.05) is 29.8 Å². The number of hydrogen-bond acceptors (Lipinski definition) is 3. The zero-order valence-corrected chi connectivity index (χ0v) is 11.7. The van der Waals surface area contributed by atoms with Crippen LogP contribution in [-0.2, 0) is 9.53 Å². The van der Waals surface area contributed by atoms with Crippen molar-refractivity contribution in [1.29, 1.82) is 0 Å². The van der Waals surface area contributed by atoms with Gasteiger partial charge in [0.25, 0.3) is 0 Å². The van der Waals surface area contributed by atoms with Gasteiger partial charge in [0.2, 0.25) is 5.90 Å². The molecule has 20 heavy (non-hydrogen) atoms. The lowest BCUT2D eigenvalue weighted by Gasteiger charge is -2.12. The number of aliphatic imine (C=N–C) groups is 1. The molecule has 0 atom stereocenters. The molecule has 0 aromatic heterocycles. The average molecular weight is 288 g/mol. The maximum Gasteiger partial charge on any atom is 0.363 e. The highest BCUT2D eigenvalue weighted by molar-refractivity contribution is 6.30. The van der Waals surface area contributed by atoms with Gasteiger partial charge in [-0.05, 0) is 49.5 Å². The summed E-state index contributed by atoms with van der Waals surface area (Å²) in [6.07, 6.45) is 5.74. The molecule has 0 amide bonds. The zero-order valence-electron chi connectivity index (χ0n) is 10.9. The van der Waals surface area contributed by atoms with Crippen LogP contribution in [0.15, 0.2) is 57.7 Å². The summed E-state index contributed by atoms with van der Waals surface area (Å²) < 4.78 is 5.21. The van der Waals surface area contributed by atoms with Crippen LogP contribution < -0.4 is 0 Å². The number of carbonyl (C=O) groups is 1. The Kier molecular flexibility index (Phi) is 3.70. The van der Waals surface area contributed by atoms with Crippen LogP contribution in [0.2, 0.25) is 0 Å². The molecule has 4 heteroatoms. The molecule has 0 unspecified atom stereocenters. The quantitative estimate of drug-likeness (QED) is 0.610. The fourth-order valence-corrected chi connectivity index (χ4v) is 2.60. The molecule has 1 aliphatic heterocycles. The summed E-state index contributed by atoms with van der Waals surface area (Å²) in [5, 5.41) is 0.833. The summed E-state index contributed by atoms with van der Waals surface area (Å²) in [5.74, 6) is -0.0548. The van der Waals surface area contributed by atoms with Crippen molar-refractivity contribution in [2.45, 2.75) is 25.7 Å². The molecule has 1 aromatic carbocycles. The van der Waals surface area contributed by atoms with Crippen LogP contribution in [0.1, 0.15) is 31.2 Å². The number of benzene rings is 1. The number of rotatable bonds is 2. The third-order valence-corrected chi connectivity index (χ3v) is 3.82. The predicted octanol–water partition coefficient (Wildman–Crippen LogP) is 3.94. The number of hydrogen-bond donors (Lipinski definition) is 0. The number of esters is 1. The lowest BCUT2D eigenvalue weighted by Crippen LogP contribution is -2.05. The van der Waals surface area contributed by atoms with E-state index in [1.54, 1.807) is 6.08 Å². The van der Waals surface area contributed by atoms with Crippen molar-refractivity contribution in [3.63, 3.8) is 0 Å². The first-order valence-electron chi connectivity index (χ1n) is 6.69. The van der Waals surface area contributed by atoms with Gasteiger partial charge < -0.3 is 4.74 Å². The molecular formula is C16H14ClNO2. The average Bonchev–Trinajstić information content (AvgIpc) is 2.84. The Bertz CT molecular complexity index is 629. The Labute approximate surface area is 122 Å². The summed E-state index contributed by atoms with van der Waals surface area (Å²) in [5.41, 5.74) is 2.13. The molecule has 0 spiro atoms. The van der Waals surface area contributed by atoms with Gasteiger partial charge in [0, 0.05) is 10.6 Å². The Balaban J connectivity index is 1.91. The lowest BCUT2D eigenvalue weighted by molar-refractivity contribution is -0.130. The van der Waals surface area contributed by atoms with Crippen molar-refractivity contribution in [2.75, 3.05) is 0 Å². The molecule has 1 aromatic rings. The molecule has 0 saturated heterocycles. The third kappa shape index (κ3) is 2.68. The van der Waals surface area contributed by atoms with Crippen LogP contribution in [-0.4, -0.2) is 11.9 Å². The highest BCUT2D eigenvalue weighted by Crippen LogP contribution is 2.30. The highest BCUT2D eigenvalue weighted by atomic mass is 35.5. The molecule has 102 valence electrons. The first-order chi connectivity index (χ1) is 9.74. The summed E-state index contributed by atoms with van der Waals surface area (Å²) in [6.45, 7) is 0. The number of cyclic esters (lactones) is 1. The van der Waals surface area contributed by atoms with E-state index in [9.17, 15) is 4.79 Å². The minimum Gasteiger partial charge on any atom is -0.402 e. The van der Waals surface area contributed by atoms with E-state index in [1.807, 2.05) is 30.3 Å². The SMILES string of the molecule is O=C1OC(c2ccccc2)=NC1=CC1=C(Cl)CCCC1. The van der Waals surface area contributed by atoms with E-state index >= 15 is 0 Å². The lowest BCUT2D eigenvalue weighted by atomic mass is 9.98. The van der Waals surface area contributed by atoms with E-state index in [0.717, 1.165) is 41.9 Å². The van der Waals surface area contributed by atoms with Gasteiger partial charge >= 0.3 is 5.97 Å². The second-order valence-corrected chi connectivity index (χ2v) is 5.30. The minimum atomic E-state index is -0.411. The summed E-state index contributed by atoms with van der Waals surface area (Å²) in [6, 6.07) is 9.40. The monoisotopic (exact) mass is 287 g/mol. The van der Waals surface area contributed by atoms with E-state index in [1.165, 1.54) is 0 Å². The van der Waals surface area contributed by atoms with Crippen LogP contribution >= 0.6 is 11.6 Å². The molecule has 0 radical (unpaired) electrons. The van der Waals surface area contributed by atoms with Gasteiger partial charge in [-0.3, -0.25) is 0 Å². The smallest absolute Gasteiger partial charge is 0.363 e. The van der Waals surface area contributed by atoms with Gasteiger partial charge in [-0.25, -0.2) is 9.79 Å². The van der Waals surface area contributed by atoms with Gasteiger partial charge in [-0.15, -0.1) is 0 Å². The first kappa shape index (κ1) is 13.1. The molecule has 3 rings (SSSR count). The molecule has 0 saturated carbocycles. The third-order valence-electron chi connectivity index (χ3n) is 3.39. The number of nitrogens with zero attached hydrogens (tertiary/aromatic N) is 1. The molecule has 1 heterocycles. The fraction of sp³-hybridized carbons (Fsp3) is 0.250. The van der Waals surface area contributed by atoms with Crippen molar-refractivity contribution in [3.8, 4) is 0 Å². The van der Waals surface area contributed by atoms with Crippen molar-refractivity contribution < 1.29 is 9.53 Å². The Morgan fingerprint density at radius 3 is 2.65 bits per heavy atom. The maximum atomic E-state index is 11.9. The predicted molar refractivity (Wildman–Crippen MR) is 78.5 cm³/mol. The zero-order chi connectivity index (χ0) is 13.9. The minimum absolute atomic E-state index is 0.332. The van der Waals surface area contributed by atoms with Crippen molar-refractivity contribution >= 4 is 23.5 Å². The van der Waals surface area contributed by atoms with Gasteiger partial charge in [0.05, 0.1) is 0 Å². The van der Waals surface area contributed by atoms with E-state index < -0.39 is 5.97 Å². The molecule has 0 N–H and O–H groups in total. The Hall–Kier alpha value is -1.87. The van der Waals surface area contributed by atoms with Gasteiger partial charge in [0.15, 0.2) is 5.70 Å². The van der Waals surface area contributed by atoms with Crippen LogP contribution in [0.5, 0.6) is 0 Å². The number of carbonyl (C=O) groups excluding carboxylic acids is 1. The Morgan fingerprint density at radius 1 is 1.15 bits per heavy atom. The molecule has 1 aliphatic carbocycles. The Morgan fingerprint density at radius 2 is 1.90 bits per heavy atom. The van der Waals surface area contributed by atoms with Crippen LogP contribution in [0.25, 0.3) is 0 Å². The number of ether oxygens (including phenoxy) is 1. The summed E-state index contributed by atoms with van der Waals surface area (Å²) >= 11 is 6.20. The summed E-state index contributed by atoms with van der Waals surface area (Å²) in [7, 11) is 0. The second-order valence-electron chi connectivity index (χ2n) is 4.84. The van der Waals surface area contributed by atoms with E-state index in [0.29, 0.717) is 11.6 Å². The van der Waals surface area contributed by atoms with E-state index in [2.05, 4.69) is 4.99 Å². The van der Waals surface area contributed by atoms with Crippen molar-refractivity contribution in [3.05, 3.63) is 58.3 Å². The highest BCUT2D eigenvalue weighted by Gasteiger charge is 2.24. The number of allylic oxidation sites excluding steroid dienone is 3. The van der Waals surface area contributed by atoms with Crippen LogP contribution in [0.3, 0.4) is 0 Å². The van der Waals surface area contributed by atoms with Crippen LogP contribution in [0.4, 0.5) is 0 Å². The standard InChI is InChI=1S/C16H14ClNO2/c17-13-9-5-4-8-12(13)10-14-16(19)20-15(18-14)11-6-2-1-3-7-11/h1-3,6-7,10H,4-5,8-9H2. The molecule has 2 aliphatic rings. The first-order valence-corrected chi connectivity index (χ1v) is 7.07. The largest absolute Gasteiger partial charge is 0.402 e.